The van der Waals surface area contributed by atoms with E-state index in [1.807, 2.05) is 6.92 Å². The van der Waals surface area contributed by atoms with Crippen LogP contribution >= 0.6 is 0 Å². The van der Waals surface area contributed by atoms with E-state index in [1.165, 1.54) is 19.4 Å². The smallest absolute Gasteiger partial charge is 0.104 e. The average molecular weight is 281 g/mol. The largest absolute Gasteiger partial charge is 0.384 e. The van der Waals surface area contributed by atoms with Crippen molar-refractivity contribution in [1.82, 2.24) is 10.2 Å². The molecule has 0 aliphatic carbocycles. The van der Waals surface area contributed by atoms with Crippen molar-refractivity contribution < 1.29 is 4.74 Å². The minimum absolute atomic E-state index is 0.348. The lowest BCUT2D eigenvalue weighted by molar-refractivity contribution is 0.0890. The van der Waals surface area contributed by atoms with Crippen molar-refractivity contribution >= 4 is 0 Å². The minimum atomic E-state index is -0.393. The second-order valence-electron chi connectivity index (χ2n) is 6.61. The molecule has 4 heteroatoms. The van der Waals surface area contributed by atoms with Crippen molar-refractivity contribution in [3.05, 3.63) is 0 Å². The molecule has 0 aromatic heterocycles. The summed E-state index contributed by atoms with van der Waals surface area (Å²) in [5, 5.41) is 12.7. The number of methoxy groups -OCH3 is 1. The fourth-order valence-corrected chi connectivity index (χ4v) is 3.18. The van der Waals surface area contributed by atoms with E-state index in [2.05, 4.69) is 30.1 Å². The number of rotatable bonds is 8. The van der Waals surface area contributed by atoms with E-state index >= 15 is 0 Å². The highest BCUT2D eigenvalue weighted by molar-refractivity contribution is 5.04. The standard InChI is InChI=1S/C16H31N3O/c1-14(2)18-16(3,13-17)8-6-10-19-9-5-7-15(11-19)12-20-4/h14-15,18H,5-12H2,1-4H3. The van der Waals surface area contributed by atoms with Gasteiger partial charge in [0.2, 0.25) is 0 Å². The van der Waals surface area contributed by atoms with Crippen LogP contribution < -0.4 is 5.32 Å². The first-order valence-electron chi connectivity index (χ1n) is 7.89. The summed E-state index contributed by atoms with van der Waals surface area (Å²) in [6, 6.07) is 2.77. The Hall–Kier alpha value is -0.630. The molecule has 1 aliphatic rings. The predicted octanol–water partition coefficient (Wildman–Crippen LogP) is 2.41. The van der Waals surface area contributed by atoms with Crippen molar-refractivity contribution in [3.8, 4) is 6.07 Å². The van der Waals surface area contributed by atoms with Gasteiger partial charge in [-0.05, 0) is 65.5 Å². The van der Waals surface area contributed by atoms with Gasteiger partial charge in [-0.25, -0.2) is 0 Å². The molecule has 0 amide bonds. The van der Waals surface area contributed by atoms with E-state index in [1.54, 1.807) is 7.11 Å². The Bertz CT molecular complexity index is 311. The first-order valence-corrected chi connectivity index (χ1v) is 7.89. The predicted molar refractivity (Wildman–Crippen MR) is 82.6 cm³/mol. The Balaban J connectivity index is 2.30. The topological polar surface area (TPSA) is 48.3 Å². The maximum atomic E-state index is 9.34. The molecular formula is C16H31N3O. The Kier molecular flexibility index (Phi) is 7.50. The van der Waals surface area contributed by atoms with Gasteiger partial charge in [0.25, 0.3) is 0 Å². The monoisotopic (exact) mass is 281 g/mol. The quantitative estimate of drug-likeness (QED) is 0.742. The van der Waals surface area contributed by atoms with Crippen molar-refractivity contribution in [2.45, 2.75) is 58.0 Å². The van der Waals surface area contributed by atoms with Gasteiger partial charge < -0.3 is 9.64 Å². The van der Waals surface area contributed by atoms with Gasteiger partial charge in [-0.2, -0.15) is 5.26 Å². The third-order valence-electron chi connectivity index (χ3n) is 4.01. The highest BCUT2D eigenvalue weighted by atomic mass is 16.5. The molecule has 1 aliphatic heterocycles. The summed E-state index contributed by atoms with van der Waals surface area (Å²) in [5.41, 5.74) is -0.393. The van der Waals surface area contributed by atoms with Crippen LogP contribution in [0.25, 0.3) is 0 Å². The fourth-order valence-electron chi connectivity index (χ4n) is 3.18. The molecule has 0 radical (unpaired) electrons. The molecule has 116 valence electrons. The molecule has 0 aromatic rings. The summed E-state index contributed by atoms with van der Waals surface area (Å²) < 4.78 is 5.27. The maximum Gasteiger partial charge on any atom is 0.104 e. The van der Waals surface area contributed by atoms with Crippen LogP contribution in [0.3, 0.4) is 0 Å². The molecule has 1 saturated heterocycles. The van der Waals surface area contributed by atoms with Crippen molar-refractivity contribution in [2.24, 2.45) is 5.92 Å². The van der Waals surface area contributed by atoms with E-state index in [9.17, 15) is 5.26 Å². The summed E-state index contributed by atoms with van der Waals surface area (Å²) in [6.45, 7) is 10.5. The number of hydrogen-bond donors (Lipinski definition) is 1. The number of hydrogen-bond acceptors (Lipinski definition) is 4. The first-order chi connectivity index (χ1) is 9.49. The van der Waals surface area contributed by atoms with Gasteiger partial charge >= 0.3 is 0 Å². The molecule has 2 atom stereocenters. The summed E-state index contributed by atoms with van der Waals surface area (Å²) in [4.78, 5) is 2.53. The van der Waals surface area contributed by atoms with Gasteiger partial charge in [-0.1, -0.05) is 0 Å². The highest BCUT2D eigenvalue weighted by Gasteiger charge is 2.25. The summed E-state index contributed by atoms with van der Waals surface area (Å²) >= 11 is 0. The van der Waals surface area contributed by atoms with Gasteiger partial charge in [0.15, 0.2) is 0 Å². The summed E-state index contributed by atoms with van der Waals surface area (Å²) in [5.74, 6) is 0.685. The molecule has 1 rings (SSSR count). The molecule has 0 aromatic carbocycles. The van der Waals surface area contributed by atoms with Crippen LogP contribution in [0.1, 0.15) is 46.5 Å². The van der Waals surface area contributed by atoms with Crippen LogP contribution in [0.4, 0.5) is 0 Å². The Morgan fingerprint density at radius 2 is 2.25 bits per heavy atom. The van der Waals surface area contributed by atoms with Crippen LogP contribution in [0.5, 0.6) is 0 Å². The fraction of sp³-hybridized carbons (Fsp3) is 0.938. The lowest BCUT2D eigenvalue weighted by Crippen LogP contribution is -2.45. The molecule has 0 saturated carbocycles. The lowest BCUT2D eigenvalue weighted by atomic mass is 9.95. The van der Waals surface area contributed by atoms with E-state index < -0.39 is 5.54 Å². The first kappa shape index (κ1) is 17.4. The summed E-state index contributed by atoms with van der Waals surface area (Å²) in [7, 11) is 1.79. The van der Waals surface area contributed by atoms with E-state index in [-0.39, 0.29) is 0 Å². The molecule has 1 N–H and O–H groups in total. The Morgan fingerprint density at radius 1 is 1.50 bits per heavy atom. The molecule has 1 fully saturated rings. The number of piperidine rings is 1. The van der Waals surface area contributed by atoms with Gasteiger partial charge in [0, 0.05) is 19.7 Å². The van der Waals surface area contributed by atoms with Crippen molar-refractivity contribution in [3.63, 3.8) is 0 Å². The molecule has 2 unspecified atom stereocenters. The second-order valence-corrected chi connectivity index (χ2v) is 6.61. The number of nitrogens with one attached hydrogen (secondary N) is 1. The molecule has 20 heavy (non-hydrogen) atoms. The Labute approximate surface area is 124 Å². The third-order valence-corrected chi connectivity index (χ3v) is 4.01. The van der Waals surface area contributed by atoms with Crippen molar-refractivity contribution in [2.75, 3.05) is 33.4 Å². The highest BCUT2D eigenvalue weighted by Crippen LogP contribution is 2.18. The SMILES string of the molecule is COCC1CCCN(CCCC(C)(C#N)NC(C)C)C1. The van der Waals surface area contributed by atoms with E-state index in [0.717, 1.165) is 32.5 Å². The van der Waals surface area contributed by atoms with Gasteiger partial charge in [-0.15, -0.1) is 0 Å². The van der Waals surface area contributed by atoms with Crippen molar-refractivity contribution in [1.29, 1.82) is 5.26 Å². The Morgan fingerprint density at radius 3 is 2.85 bits per heavy atom. The lowest BCUT2D eigenvalue weighted by Gasteiger charge is -2.33. The average Bonchev–Trinajstić information content (AvgIpc) is 2.39. The van der Waals surface area contributed by atoms with Crippen LogP contribution in [-0.2, 0) is 4.74 Å². The number of nitriles is 1. The zero-order chi connectivity index (χ0) is 15.0. The van der Waals surface area contributed by atoms with Gasteiger partial charge in [0.1, 0.15) is 5.54 Å². The number of nitrogens with zero attached hydrogens (tertiary/aromatic N) is 2. The van der Waals surface area contributed by atoms with Crippen LogP contribution in [0.2, 0.25) is 0 Å². The van der Waals surface area contributed by atoms with Crippen LogP contribution in [0, 0.1) is 17.2 Å². The minimum Gasteiger partial charge on any atom is -0.384 e. The third kappa shape index (κ3) is 6.21. The second kappa shape index (κ2) is 8.61. The van der Waals surface area contributed by atoms with E-state index in [4.69, 9.17) is 4.74 Å². The summed E-state index contributed by atoms with van der Waals surface area (Å²) in [6.07, 6.45) is 4.54. The van der Waals surface area contributed by atoms with Gasteiger partial charge in [-0.3, -0.25) is 5.32 Å². The zero-order valence-electron chi connectivity index (χ0n) is 13.6. The zero-order valence-corrected chi connectivity index (χ0v) is 13.6. The number of ether oxygens (including phenoxy) is 1. The van der Waals surface area contributed by atoms with E-state index in [0.29, 0.717) is 12.0 Å². The molecule has 1 heterocycles. The molecule has 0 spiro atoms. The van der Waals surface area contributed by atoms with Crippen LogP contribution in [-0.4, -0.2) is 49.8 Å². The molecular weight excluding hydrogens is 250 g/mol. The number of likely N-dealkylation sites (tertiary alicyclic amines) is 1. The normalized spacial score (nSPS) is 23.5. The van der Waals surface area contributed by atoms with Gasteiger partial charge in [0.05, 0.1) is 12.7 Å². The van der Waals surface area contributed by atoms with Crippen LogP contribution in [0.15, 0.2) is 0 Å². The molecule has 0 bridgehead atoms. The maximum absolute atomic E-state index is 9.34. The molecule has 4 nitrogen and oxygen atoms in total.